The van der Waals surface area contributed by atoms with Crippen LogP contribution in [0, 0.1) is 18.3 Å². The molecule has 0 bridgehead atoms. The first-order valence-corrected chi connectivity index (χ1v) is 6.64. The van der Waals surface area contributed by atoms with Crippen molar-refractivity contribution < 1.29 is 0 Å². The molecule has 0 aromatic heterocycles. The molecule has 1 aromatic carbocycles. The van der Waals surface area contributed by atoms with Gasteiger partial charge in [-0.2, -0.15) is 0 Å². The Morgan fingerprint density at radius 3 is 1.95 bits per heavy atom. The van der Waals surface area contributed by atoms with Gasteiger partial charge in [-0.15, -0.1) is 6.42 Å². The molecule has 0 N–H and O–H groups in total. The van der Waals surface area contributed by atoms with Gasteiger partial charge in [0.1, 0.15) is 0 Å². The van der Waals surface area contributed by atoms with E-state index in [1.54, 1.807) is 0 Å². The normalized spacial score (nSPS) is 16.6. The molecular formula is C19H20. The summed E-state index contributed by atoms with van der Waals surface area (Å²) in [6, 6.07) is 8.10. The minimum Gasteiger partial charge on any atom is -0.115 e. The lowest BCUT2D eigenvalue weighted by Crippen LogP contribution is -1.95. The van der Waals surface area contributed by atoms with Crippen LogP contribution in [-0.4, -0.2) is 0 Å². The molecule has 1 aliphatic rings. The Labute approximate surface area is 116 Å². The highest BCUT2D eigenvalue weighted by molar-refractivity contribution is 5.56. The summed E-state index contributed by atoms with van der Waals surface area (Å²) in [6.07, 6.45) is 9.83. The highest BCUT2D eigenvalue weighted by atomic mass is 14.3. The highest BCUT2D eigenvalue weighted by Crippen LogP contribution is 2.37. The number of benzene rings is 1. The minimum absolute atomic E-state index is 0.451. The third-order valence-electron chi connectivity index (χ3n) is 4.24. The van der Waals surface area contributed by atoms with Crippen LogP contribution in [0.25, 0.3) is 6.08 Å². The largest absolute Gasteiger partial charge is 0.115 e. The molecule has 1 aromatic rings. The fourth-order valence-corrected chi connectivity index (χ4v) is 2.57. The lowest BCUT2D eigenvalue weighted by atomic mass is 9.95. The van der Waals surface area contributed by atoms with Crippen LogP contribution in [0.1, 0.15) is 38.8 Å². The first kappa shape index (κ1) is 13.4. The molecule has 1 aliphatic carbocycles. The van der Waals surface area contributed by atoms with E-state index < -0.39 is 0 Å². The van der Waals surface area contributed by atoms with Crippen LogP contribution in [0.5, 0.6) is 0 Å². The van der Waals surface area contributed by atoms with Crippen LogP contribution in [0.3, 0.4) is 0 Å². The van der Waals surface area contributed by atoms with Crippen molar-refractivity contribution in [3.05, 3.63) is 63.8 Å². The Hall–Kier alpha value is -2.00. The molecule has 0 spiro atoms. The molecule has 0 saturated heterocycles. The molecular weight excluding hydrogens is 228 g/mol. The van der Waals surface area contributed by atoms with Crippen molar-refractivity contribution in [1.29, 1.82) is 0 Å². The van der Waals surface area contributed by atoms with E-state index in [0.29, 0.717) is 5.92 Å². The van der Waals surface area contributed by atoms with E-state index in [2.05, 4.69) is 57.9 Å². The molecule has 0 aliphatic heterocycles. The quantitative estimate of drug-likeness (QED) is 0.647. The monoisotopic (exact) mass is 248 g/mol. The predicted octanol–water partition coefficient (Wildman–Crippen LogP) is 4.98. The van der Waals surface area contributed by atoms with Gasteiger partial charge < -0.3 is 0 Å². The van der Waals surface area contributed by atoms with Gasteiger partial charge in [0, 0.05) is 11.5 Å². The van der Waals surface area contributed by atoms with Gasteiger partial charge in [-0.25, -0.2) is 0 Å². The maximum absolute atomic E-state index is 5.36. The van der Waals surface area contributed by atoms with Gasteiger partial charge >= 0.3 is 0 Å². The van der Waals surface area contributed by atoms with Crippen molar-refractivity contribution in [3.8, 4) is 12.3 Å². The van der Waals surface area contributed by atoms with Gasteiger partial charge in [0.2, 0.25) is 0 Å². The smallest absolute Gasteiger partial charge is 0.0243 e. The van der Waals surface area contributed by atoms with E-state index in [4.69, 9.17) is 6.42 Å². The lowest BCUT2D eigenvalue weighted by molar-refractivity contribution is 0.913. The lowest BCUT2D eigenvalue weighted by Gasteiger charge is -2.09. The van der Waals surface area contributed by atoms with Crippen LogP contribution in [0.15, 0.2) is 52.6 Å². The Bertz CT molecular complexity index is 589. The summed E-state index contributed by atoms with van der Waals surface area (Å²) in [5, 5.41) is 0. The van der Waals surface area contributed by atoms with Gasteiger partial charge in [0.15, 0.2) is 0 Å². The fraction of sp³-hybridized carbons (Fsp3) is 0.263. The molecule has 0 unspecified atom stereocenters. The van der Waals surface area contributed by atoms with E-state index in [1.807, 2.05) is 12.1 Å². The second kappa shape index (κ2) is 5.33. The summed E-state index contributed by atoms with van der Waals surface area (Å²) >= 11 is 0. The first-order chi connectivity index (χ1) is 9.04. The standard InChI is InChI=1S/C19H20/c1-6-17-7-9-18(10-8-17)11-12-19-15(4)13(2)14(3)16(19)5/h1,7-12,19H,2-5H3/b12-11+. The first-order valence-electron chi connectivity index (χ1n) is 6.64. The minimum atomic E-state index is 0.451. The SMILES string of the molecule is C#Cc1ccc(/C=C/C2C(C)=C(C)C(C)=C2C)cc1. The van der Waals surface area contributed by atoms with Gasteiger partial charge in [-0.1, -0.05) is 41.4 Å². The van der Waals surface area contributed by atoms with Crippen LogP contribution < -0.4 is 0 Å². The van der Waals surface area contributed by atoms with Gasteiger partial charge in [-0.05, 0) is 56.5 Å². The molecule has 19 heavy (non-hydrogen) atoms. The Balaban J connectivity index is 2.22. The second-order valence-electron chi connectivity index (χ2n) is 5.22. The zero-order valence-electron chi connectivity index (χ0n) is 12.1. The molecule has 0 radical (unpaired) electrons. The summed E-state index contributed by atoms with van der Waals surface area (Å²) in [5.74, 6) is 3.09. The Kier molecular flexibility index (Phi) is 3.76. The number of rotatable bonds is 2. The summed E-state index contributed by atoms with van der Waals surface area (Å²) in [4.78, 5) is 0. The van der Waals surface area contributed by atoms with Crippen molar-refractivity contribution in [3.63, 3.8) is 0 Å². The van der Waals surface area contributed by atoms with Crippen molar-refractivity contribution in [2.45, 2.75) is 27.7 Å². The molecule has 0 nitrogen and oxygen atoms in total. The molecule has 0 saturated carbocycles. The van der Waals surface area contributed by atoms with E-state index >= 15 is 0 Å². The van der Waals surface area contributed by atoms with Gasteiger partial charge in [0.05, 0.1) is 0 Å². The van der Waals surface area contributed by atoms with E-state index in [9.17, 15) is 0 Å². The van der Waals surface area contributed by atoms with Crippen molar-refractivity contribution in [1.82, 2.24) is 0 Å². The average Bonchev–Trinajstić information content (AvgIpc) is 2.62. The third-order valence-corrected chi connectivity index (χ3v) is 4.24. The number of hydrogen-bond donors (Lipinski definition) is 0. The van der Waals surface area contributed by atoms with Crippen LogP contribution in [0.2, 0.25) is 0 Å². The van der Waals surface area contributed by atoms with Crippen LogP contribution >= 0.6 is 0 Å². The fourth-order valence-electron chi connectivity index (χ4n) is 2.57. The zero-order chi connectivity index (χ0) is 14.0. The Morgan fingerprint density at radius 2 is 1.47 bits per heavy atom. The Morgan fingerprint density at radius 1 is 0.947 bits per heavy atom. The molecule has 0 amide bonds. The maximum atomic E-state index is 5.36. The average molecular weight is 248 g/mol. The summed E-state index contributed by atoms with van der Waals surface area (Å²) in [7, 11) is 0. The maximum Gasteiger partial charge on any atom is 0.0243 e. The van der Waals surface area contributed by atoms with Gasteiger partial charge in [0.25, 0.3) is 0 Å². The number of terminal acetylenes is 1. The predicted molar refractivity (Wildman–Crippen MR) is 83.6 cm³/mol. The molecule has 2 rings (SSSR count). The van der Waals surface area contributed by atoms with Crippen molar-refractivity contribution in [2.75, 3.05) is 0 Å². The third kappa shape index (κ3) is 2.56. The van der Waals surface area contributed by atoms with Crippen LogP contribution in [-0.2, 0) is 0 Å². The molecule has 96 valence electrons. The van der Waals surface area contributed by atoms with E-state index in [-0.39, 0.29) is 0 Å². The molecule has 0 atom stereocenters. The topological polar surface area (TPSA) is 0 Å². The highest BCUT2D eigenvalue weighted by Gasteiger charge is 2.21. The molecule has 0 heterocycles. The summed E-state index contributed by atoms with van der Waals surface area (Å²) < 4.78 is 0. The van der Waals surface area contributed by atoms with Crippen molar-refractivity contribution >= 4 is 6.08 Å². The number of allylic oxidation sites excluding steroid dienone is 5. The van der Waals surface area contributed by atoms with E-state index in [1.165, 1.54) is 27.9 Å². The van der Waals surface area contributed by atoms with E-state index in [0.717, 1.165) is 5.56 Å². The molecule has 0 fully saturated rings. The molecule has 0 heteroatoms. The van der Waals surface area contributed by atoms with Crippen molar-refractivity contribution in [2.24, 2.45) is 5.92 Å². The summed E-state index contributed by atoms with van der Waals surface area (Å²) in [6.45, 7) is 8.88. The van der Waals surface area contributed by atoms with Crippen LogP contribution in [0.4, 0.5) is 0 Å². The summed E-state index contributed by atoms with van der Waals surface area (Å²) in [5.41, 5.74) is 7.93. The van der Waals surface area contributed by atoms with Gasteiger partial charge in [-0.3, -0.25) is 0 Å². The number of hydrogen-bond acceptors (Lipinski definition) is 0. The second-order valence-corrected chi connectivity index (χ2v) is 5.22. The zero-order valence-corrected chi connectivity index (χ0v) is 12.1.